The van der Waals surface area contributed by atoms with Crippen LogP contribution < -0.4 is 14.8 Å². The third kappa shape index (κ3) is 5.29. The van der Waals surface area contributed by atoms with Crippen molar-refractivity contribution in [2.45, 2.75) is 19.3 Å². The lowest BCUT2D eigenvalue weighted by Crippen LogP contribution is -2.22. The Balaban J connectivity index is 1.29. The van der Waals surface area contributed by atoms with Crippen molar-refractivity contribution in [2.75, 3.05) is 18.7 Å². The van der Waals surface area contributed by atoms with Crippen LogP contribution in [0.2, 0.25) is 5.02 Å². The van der Waals surface area contributed by atoms with E-state index in [4.69, 9.17) is 30.8 Å². The average Bonchev–Trinajstić information content (AvgIpc) is 3.44. The molecule has 0 unspecified atom stereocenters. The SMILES string of the molecule is O=C(COC(=O)c1c2c(nc3ccccc13)C(=Cc1ccc3c(c1)OCO3)CCC2)Nc1cc([N+](=O)[O-])ccc1Cl. The molecular formula is C30H22ClN3O7. The molecule has 3 aromatic carbocycles. The predicted octanol–water partition coefficient (Wildman–Crippen LogP) is 6.20. The minimum Gasteiger partial charge on any atom is -0.454 e. The lowest BCUT2D eigenvalue weighted by Gasteiger charge is -2.22. The van der Waals surface area contributed by atoms with Crippen LogP contribution in [-0.4, -0.2) is 35.2 Å². The van der Waals surface area contributed by atoms with Crippen molar-refractivity contribution in [3.8, 4) is 11.5 Å². The Morgan fingerprint density at radius 3 is 2.76 bits per heavy atom. The second-order valence-corrected chi connectivity index (χ2v) is 9.92. The van der Waals surface area contributed by atoms with Gasteiger partial charge in [0, 0.05) is 17.5 Å². The third-order valence-corrected chi connectivity index (χ3v) is 7.21. The molecule has 1 N–H and O–H groups in total. The van der Waals surface area contributed by atoms with E-state index in [1.54, 1.807) is 6.07 Å². The first-order valence-electron chi connectivity index (χ1n) is 12.8. The number of carbonyl (C=O) groups excluding carboxylic acids is 2. The zero-order valence-corrected chi connectivity index (χ0v) is 22.3. The normalized spacial score (nSPS) is 14.5. The number of allylic oxidation sites excluding steroid dienone is 1. The lowest BCUT2D eigenvalue weighted by molar-refractivity contribution is -0.384. The zero-order valence-electron chi connectivity index (χ0n) is 21.5. The fourth-order valence-electron chi connectivity index (χ4n) is 5.02. The molecule has 6 rings (SSSR count). The van der Waals surface area contributed by atoms with Crippen LogP contribution in [0.25, 0.3) is 22.6 Å². The van der Waals surface area contributed by atoms with Crippen LogP contribution in [-0.2, 0) is 16.0 Å². The van der Waals surface area contributed by atoms with Gasteiger partial charge in [-0.3, -0.25) is 14.9 Å². The summed E-state index contributed by atoms with van der Waals surface area (Å²) in [6.07, 6.45) is 4.22. The van der Waals surface area contributed by atoms with Crippen LogP contribution in [0.15, 0.2) is 60.7 Å². The Bertz CT molecular complexity index is 1770. The highest BCUT2D eigenvalue weighted by Crippen LogP contribution is 2.38. The lowest BCUT2D eigenvalue weighted by atomic mass is 9.86. The number of fused-ring (bicyclic) bond motifs is 3. The molecule has 0 saturated heterocycles. The molecular weight excluding hydrogens is 550 g/mol. The van der Waals surface area contributed by atoms with Gasteiger partial charge in [-0.15, -0.1) is 0 Å². The molecule has 1 amide bonds. The van der Waals surface area contributed by atoms with E-state index in [9.17, 15) is 19.7 Å². The molecule has 0 saturated carbocycles. The molecule has 0 atom stereocenters. The number of amides is 1. The number of nitrogens with one attached hydrogen (secondary N) is 1. The molecule has 41 heavy (non-hydrogen) atoms. The molecule has 0 radical (unpaired) electrons. The highest BCUT2D eigenvalue weighted by atomic mass is 35.5. The number of para-hydroxylation sites is 1. The molecule has 11 heteroatoms. The maximum Gasteiger partial charge on any atom is 0.339 e. The molecule has 206 valence electrons. The molecule has 2 aliphatic rings. The molecule has 2 heterocycles. The summed E-state index contributed by atoms with van der Waals surface area (Å²) in [7, 11) is 0. The van der Waals surface area contributed by atoms with E-state index in [0.717, 1.165) is 35.6 Å². The van der Waals surface area contributed by atoms with E-state index >= 15 is 0 Å². The molecule has 1 aromatic heterocycles. The van der Waals surface area contributed by atoms with Crippen LogP contribution >= 0.6 is 11.6 Å². The van der Waals surface area contributed by atoms with E-state index in [-0.39, 0.29) is 23.2 Å². The smallest absolute Gasteiger partial charge is 0.339 e. The number of pyridine rings is 1. The van der Waals surface area contributed by atoms with Gasteiger partial charge in [-0.25, -0.2) is 9.78 Å². The van der Waals surface area contributed by atoms with Gasteiger partial charge < -0.3 is 19.5 Å². The summed E-state index contributed by atoms with van der Waals surface area (Å²) in [5.41, 5.74) is 4.18. The molecule has 0 spiro atoms. The number of hydrogen-bond acceptors (Lipinski definition) is 8. The maximum absolute atomic E-state index is 13.5. The minimum atomic E-state index is -0.684. The largest absolute Gasteiger partial charge is 0.454 e. The number of rotatable bonds is 6. The highest BCUT2D eigenvalue weighted by molar-refractivity contribution is 6.33. The van der Waals surface area contributed by atoms with Crippen LogP contribution in [0.4, 0.5) is 11.4 Å². The highest BCUT2D eigenvalue weighted by Gasteiger charge is 2.27. The van der Waals surface area contributed by atoms with Gasteiger partial charge in [-0.05, 0) is 66.3 Å². The summed E-state index contributed by atoms with van der Waals surface area (Å²) < 4.78 is 16.4. The quantitative estimate of drug-likeness (QED) is 0.164. The number of hydrogen-bond donors (Lipinski definition) is 1. The maximum atomic E-state index is 13.5. The Morgan fingerprint density at radius 1 is 1.07 bits per heavy atom. The number of aromatic nitrogens is 1. The van der Waals surface area contributed by atoms with Gasteiger partial charge in [0.15, 0.2) is 18.1 Å². The first-order valence-corrected chi connectivity index (χ1v) is 13.2. The predicted molar refractivity (Wildman–Crippen MR) is 152 cm³/mol. The van der Waals surface area contributed by atoms with Gasteiger partial charge in [0.25, 0.3) is 11.6 Å². The summed E-state index contributed by atoms with van der Waals surface area (Å²) in [6.45, 7) is -0.420. The monoisotopic (exact) mass is 571 g/mol. The minimum absolute atomic E-state index is 0.0481. The number of halogens is 1. The van der Waals surface area contributed by atoms with Crippen molar-refractivity contribution in [1.82, 2.24) is 4.98 Å². The number of non-ortho nitro benzene ring substituents is 1. The van der Waals surface area contributed by atoms with E-state index in [1.165, 1.54) is 12.1 Å². The van der Waals surface area contributed by atoms with Gasteiger partial charge in [0.1, 0.15) is 0 Å². The van der Waals surface area contributed by atoms with Gasteiger partial charge in [-0.2, -0.15) is 0 Å². The van der Waals surface area contributed by atoms with E-state index in [1.807, 2.05) is 42.5 Å². The van der Waals surface area contributed by atoms with Gasteiger partial charge in [-0.1, -0.05) is 35.9 Å². The van der Waals surface area contributed by atoms with Gasteiger partial charge in [0.2, 0.25) is 6.79 Å². The molecule has 0 bridgehead atoms. The summed E-state index contributed by atoms with van der Waals surface area (Å²) >= 11 is 6.08. The summed E-state index contributed by atoms with van der Waals surface area (Å²) in [5.74, 6) is 0.0266. The van der Waals surface area contributed by atoms with Crippen molar-refractivity contribution in [2.24, 2.45) is 0 Å². The van der Waals surface area contributed by atoms with Crippen molar-refractivity contribution in [1.29, 1.82) is 0 Å². The number of esters is 1. The number of nitrogens with zero attached hydrogens (tertiary/aromatic N) is 2. The van der Waals surface area contributed by atoms with Crippen molar-refractivity contribution in [3.05, 3.63) is 98.2 Å². The molecule has 0 fully saturated rings. The summed E-state index contributed by atoms with van der Waals surface area (Å²) in [6, 6.07) is 16.7. The number of nitro benzene ring substituents is 1. The number of benzene rings is 3. The van der Waals surface area contributed by atoms with Crippen LogP contribution in [0, 0.1) is 10.1 Å². The number of anilines is 1. The van der Waals surface area contributed by atoms with E-state index < -0.39 is 23.4 Å². The Kier molecular flexibility index (Phi) is 6.98. The number of carbonyl (C=O) groups is 2. The fraction of sp³-hybridized carbons (Fsp3) is 0.167. The molecule has 1 aliphatic heterocycles. The second-order valence-electron chi connectivity index (χ2n) is 9.51. The Morgan fingerprint density at radius 2 is 1.90 bits per heavy atom. The van der Waals surface area contributed by atoms with Crippen molar-refractivity contribution in [3.63, 3.8) is 0 Å². The fourth-order valence-corrected chi connectivity index (χ4v) is 5.19. The zero-order chi connectivity index (χ0) is 28.5. The third-order valence-electron chi connectivity index (χ3n) is 6.88. The van der Waals surface area contributed by atoms with E-state index in [0.29, 0.717) is 40.1 Å². The summed E-state index contributed by atoms with van der Waals surface area (Å²) in [4.78, 5) is 41.5. The van der Waals surface area contributed by atoms with Crippen LogP contribution in [0.1, 0.15) is 40.0 Å². The second kappa shape index (κ2) is 10.9. The topological polar surface area (TPSA) is 130 Å². The van der Waals surface area contributed by atoms with Gasteiger partial charge in [0.05, 0.1) is 32.4 Å². The van der Waals surface area contributed by atoms with Crippen molar-refractivity contribution >= 4 is 57.4 Å². The first-order chi connectivity index (χ1) is 19.9. The Hall–Kier alpha value is -4.96. The van der Waals surface area contributed by atoms with Crippen molar-refractivity contribution < 1.29 is 28.7 Å². The first kappa shape index (κ1) is 26.3. The van der Waals surface area contributed by atoms with E-state index in [2.05, 4.69) is 5.32 Å². The number of ether oxygens (including phenoxy) is 3. The van der Waals surface area contributed by atoms with Gasteiger partial charge >= 0.3 is 5.97 Å². The Labute approximate surface area is 238 Å². The molecule has 4 aromatic rings. The van der Waals surface area contributed by atoms with Crippen LogP contribution in [0.5, 0.6) is 11.5 Å². The van der Waals surface area contributed by atoms with Crippen LogP contribution in [0.3, 0.4) is 0 Å². The molecule has 1 aliphatic carbocycles. The standard InChI is InChI=1S/C30H22ClN3O7/c31-22-10-9-19(34(37)38)14-24(22)32-27(35)15-39-30(36)28-20-5-1-2-7-23(20)33-29-18(4-3-6-21(28)29)12-17-8-11-25-26(13-17)41-16-40-25/h1-2,5,7-14H,3-4,6,15-16H2,(H,32,35). The summed E-state index contributed by atoms with van der Waals surface area (Å²) in [5, 5.41) is 14.3. The average molecular weight is 572 g/mol. The molecule has 10 nitrogen and oxygen atoms in total. The number of nitro groups is 1.